The van der Waals surface area contributed by atoms with E-state index >= 15 is 0 Å². The number of nitrogens with two attached hydrogens (primary N) is 1. The molecule has 0 aromatic carbocycles. The van der Waals surface area contributed by atoms with Crippen molar-refractivity contribution in [3.63, 3.8) is 0 Å². The Bertz CT molecular complexity index is 313. The summed E-state index contributed by atoms with van der Waals surface area (Å²) in [5.41, 5.74) is 5.66. The van der Waals surface area contributed by atoms with Crippen LogP contribution in [0.4, 0.5) is 13.2 Å². The molecule has 0 amide bonds. The Labute approximate surface area is 89.1 Å². The highest BCUT2D eigenvalue weighted by molar-refractivity contribution is 7.11. The van der Waals surface area contributed by atoms with Gasteiger partial charge in [-0.25, -0.2) is 4.98 Å². The van der Waals surface area contributed by atoms with Gasteiger partial charge in [-0.2, -0.15) is 13.2 Å². The SMILES string of the molecule is COCCC(N)c1cnc(C(F)(F)F)s1. The first kappa shape index (κ1) is 12.4. The van der Waals surface area contributed by atoms with E-state index in [1.807, 2.05) is 0 Å². The topological polar surface area (TPSA) is 48.1 Å². The molecule has 0 aliphatic rings. The van der Waals surface area contributed by atoms with Crippen molar-refractivity contribution < 1.29 is 17.9 Å². The molecule has 1 rings (SSSR count). The van der Waals surface area contributed by atoms with Gasteiger partial charge in [-0.05, 0) is 6.42 Å². The second-order valence-electron chi connectivity index (χ2n) is 2.95. The molecule has 0 aliphatic carbocycles. The summed E-state index contributed by atoms with van der Waals surface area (Å²) in [6, 6.07) is -0.446. The molecule has 7 heteroatoms. The molecular weight excluding hydrogens is 229 g/mol. The third kappa shape index (κ3) is 3.44. The lowest BCUT2D eigenvalue weighted by atomic mass is 10.2. The van der Waals surface area contributed by atoms with Crippen LogP contribution in [0.5, 0.6) is 0 Å². The molecule has 0 spiro atoms. The van der Waals surface area contributed by atoms with Crippen LogP contribution in [0.2, 0.25) is 0 Å². The second kappa shape index (κ2) is 4.91. The standard InChI is InChI=1S/C8H11F3N2OS/c1-14-3-2-5(12)6-4-13-7(15-6)8(9,10)11/h4-5H,2-3,12H2,1H3. The minimum atomic E-state index is -4.39. The Balaban J connectivity index is 2.67. The van der Waals surface area contributed by atoms with E-state index in [2.05, 4.69) is 4.98 Å². The van der Waals surface area contributed by atoms with E-state index in [0.717, 1.165) is 0 Å². The maximum atomic E-state index is 12.2. The Hall–Kier alpha value is -0.660. The third-order valence-electron chi connectivity index (χ3n) is 1.76. The molecule has 3 nitrogen and oxygen atoms in total. The lowest BCUT2D eigenvalue weighted by Gasteiger charge is -2.07. The number of alkyl halides is 3. The van der Waals surface area contributed by atoms with Crippen LogP contribution in [0.1, 0.15) is 22.3 Å². The van der Waals surface area contributed by atoms with E-state index in [1.54, 1.807) is 0 Å². The summed E-state index contributed by atoms with van der Waals surface area (Å²) in [5, 5.41) is -0.856. The van der Waals surface area contributed by atoms with E-state index in [0.29, 0.717) is 29.2 Å². The summed E-state index contributed by atoms with van der Waals surface area (Å²) in [4.78, 5) is 3.72. The fraction of sp³-hybridized carbons (Fsp3) is 0.625. The summed E-state index contributed by atoms with van der Waals surface area (Å²) in [5.74, 6) is 0. The van der Waals surface area contributed by atoms with Crippen LogP contribution in [-0.4, -0.2) is 18.7 Å². The molecular formula is C8H11F3N2OS. The van der Waals surface area contributed by atoms with E-state index in [4.69, 9.17) is 10.5 Å². The zero-order chi connectivity index (χ0) is 11.5. The van der Waals surface area contributed by atoms with Crippen LogP contribution in [0, 0.1) is 0 Å². The highest BCUT2D eigenvalue weighted by atomic mass is 32.1. The highest BCUT2D eigenvalue weighted by Gasteiger charge is 2.34. The average Bonchev–Trinajstić information content (AvgIpc) is 2.62. The van der Waals surface area contributed by atoms with Crippen molar-refractivity contribution >= 4 is 11.3 Å². The van der Waals surface area contributed by atoms with Crippen molar-refractivity contribution in [2.24, 2.45) is 5.73 Å². The molecule has 0 saturated carbocycles. The van der Waals surface area contributed by atoms with Crippen molar-refractivity contribution in [3.05, 3.63) is 16.1 Å². The Kier molecular flexibility index (Phi) is 4.06. The Morgan fingerprint density at radius 1 is 1.60 bits per heavy atom. The number of halogens is 3. The van der Waals surface area contributed by atoms with Gasteiger partial charge in [0.25, 0.3) is 0 Å². The number of nitrogens with zero attached hydrogens (tertiary/aromatic N) is 1. The number of hydrogen-bond donors (Lipinski definition) is 1. The minimum absolute atomic E-state index is 0.417. The predicted octanol–water partition coefficient (Wildman–Crippen LogP) is 2.20. The van der Waals surface area contributed by atoms with Crippen LogP contribution in [-0.2, 0) is 10.9 Å². The summed E-state index contributed by atoms with van der Waals surface area (Å²) in [6.45, 7) is 0.417. The molecule has 2 N–H and O–H groups in total. The fourth-order valence-electron chi connectivity index (χ4n) is 0.976. The first-order chi connectivity index (χ1) is 6.95. The number of methoxy groups -OCH3 is 1. The number of aromatic nitrogens is 1. The van der Waals surface area contributed by atoms with Gasteiger partial charge in [0, 0.05) is 30.8 Å². The van der Waals surface area contributed by atoms with Crippen molar-refractivity contribution in [1.29, 1.82) is 0 Å². The minimum Gasteiger partial charge on any atom is -0.385 e. The van der Waals surface area contributed by atoms with Gasteiger partial charge in [-0.15, -0.1) is 11.3 Å². The fourth-order valence-corrected chi connectivity index (χ4v) is 1.80. The lowest BCUT2D eigenvalue weighted by molar-refractivity contribution is -0.137. The van der Waals surface area contributed by atoms with Crippen LogP contribution in [0.15, 0.2) is 6.20 Å². The van der Waals surface area contributed by atoms with Crippen molar-refractivity contribution in [2.75, 3.05) is 13.7 Å². The molecule has 86 valence electrons. The summed E-state index contributed by atoms with van der Waals surface area (Å²) >= 11 is 0.582. The van der Waals surface area contributed by atoms with Crippen LogP contribution >= 0.6 is 11.3 Å². The number of rotatable bonds is 4. The van der Waals surface area contributed by atoms with Gasteiger partial charge in [-0.3, -0.25) is 0 Å². The predicted molar refractivity (Wildman–Crippen MR) is 50.5 cm³/mol. The highest BCUT2D eigenvalue weighted by Crippen LogP contribution is 2.34. The maximum absolute atomic E-state index is 12.2. The molecule has 0 saturated heterocycles. The van der Waals surface area contributed by atoms with Crippen molar-refractivity contribution in [2.45, 2.75) is 18.6 Å². The molecule has 1 unspecified atom stereocenters. The Morgan fingerprint density at radius 2 is 2.27 bits per heavy atom. The maximum Gasteiger partial charge on any atom is 0.443 e. The molecule has 0 fully saturated rings. The quantitative estimate of drug-likeness (QED) is 0.877. The molecule has 1 atom stereocenters. The van der Waals surface area contributed by atoms with Crippen LogP contribution in [0.25, 0.3) is 0 Å². The van der Waals surface area contributed by atoms with E-state index in [9.17, 15) is 13.2 Å². The smallest absolute Gasteiger partial charge is 0.385 e. The van der Waals surface area contributed by atoms with Gasteiger partial charge < -0.3 is 10.5 Å². The molecule has 1 heterocycles. The molecule has 0 bridgehead atoms. The summed E-state index contributed by atoms with van der Waals surface area (Å²) in [7, 11) is 1.51. The second-order valence-corrected chi connectivity index (χ2v) is 4.02. The van der Waals surface area contributed by atoms with Crippen molar-refractivity contribution in [1.82, 2.24) is 4.98 Å². The van der Waals surface area contributed by atoms with Gasteiger partial charge in [0.2, 0.25) is 0 Å². The number of thiazole rings is 1. The molecule has 15 heavy (non-hydrogen) atoms. The first-order valence-electron chi connectivity index (χ1n) is 4.22. The summed E-state index contributed by atoms with van der Waals surface area (Å²) < 4.78 is 41.4. The van der Waals surface area contributed by atoms with E-state index in [1.165, 1.54) is 13.3 Å². The molecule has 1 aromatic rings. The van der Waals surface area contributed by atoms with Crippen LogP contribution in [0.3, 0.4) is 0 Å². The van der Waals surface area contributed by atoms with E-state index < -0.39 is 17.2 Å². The largest absolute Gasteiger partial charge is 0.443 e. The van der Waals surface area contributed by atoms with Gasteiger partial charge in [-0.1, -0.05) is 0 Å². The van der Waals surface area contributed by atoms with Crippen molar-refractivity contribution in [3.8, 4) is 0 Å². The third-order valence-corrected chi connectivity index (χ3v) is 2.94. The lowest BCUT2D eigenvalue weighted by Crippen LogP contribution is -2.11. The Morgan fingerprint density at radius 3 is 2.73 bits per heavy atom. The summed E-state index contributed by atoms with van der Waals surface area (Å²) in [6.07, 6.45) is -2.73. The average molecular weight is 240 g/mol. The van der Waals surface area contributed by atoms with Gasteiger partial charge in [0.1, 0.15) is 0 Å². The van der Waals surface area contributed by atoms with Gasteiger partial charge in [0.15, 0.2) is 5.01 Å². The normalized spacial score (nSPS) is 14.2. The van der Waals surface area contributed by atoms with Crippen LogP contribution < -0.4 is 5.73 Å². The van der Waals surface area contributed by atoms with Gasteiger partial charge >= 0.3 is 6.18 Å². The molecule has 0 radical (unpaired) electrons. The first-order valence-corrected chi connectivity index (χ1v) is 5.04. The zero-order valence-corrected chi connectivity index (χ0v) is 8.86. The number of hydrogen-bond acceptors (Lipinski definition) is 4. The van der Waals surface area contributed by atoms with Gasteiger partial charge in [0.05, 0.1) is 0 Å². The monoisotopic (exact) mass is 240 g/mol. The number of ether oxygens (including phenoxy) is 1. The molecule has 0 aliphatic heterocycles. The molecule has 1 aromatic heterocycles. The van der Waals surface area contributed by atoms with E-state index in [-0.39, 0.29) is 0 Å². The zero-order valence-electron chi connectivity index (χ0n) is 8.04.